The molecule has 0 bridgehead atoms. The third kappa shape index (κ3) is 4.61. The van der Waals surface area contributed by atoms with Gasteiger partial charge in [-0.05, 0) is 73.8 Å². The Balaban J connectivity index is 1.30. The zero-order valence-corrected chi connectivity index (χ0v) is 27.2. The van der Waals surface area contributed by atoms with Crippen molar-refractivity contribution in [3.8, 4) is 45.3 Å². The summed E-state index contributed by atoms with van der Waals surface area (Å²) in [5.41, 5.74) is 5.15. The smallest absolute Gasteiger partial charge is 0.165 e. The van der Waals surface area contributed by atoms with E-state index in [9.17, 15) is 0 Å². The van der Waals surface area contributed by atoms with Gasteiger partial charge in [0.05, 0.1) is 0 Å². The Bertz CT molecular complexity index is 2890. The monoisotopic (exact) mass is 641 g/mol. The van der Waals surface area contributed by atoms with Crippen LogP contribution >= 0.6 is 11.3 Å². The Morgan fingerprint density at radius 1 is 0.327 bits per heavy atom. The van der Waals surface area contributed by atoms with Gasteiger partial charge in [-0.3, -0.25) is 0 Å². The number of nitrogens with zero attached hydrogens (tertiary/aromatic N) is 3. The van der Waals surface area contributed by atoms with Gasteiger partial charge in [-0.15, -0.1) is 11.3 Å². The molecule has 0 atom stereocenters. The highest BCUT2D eigenvalue weighted by Crippen LogP contribution is 2.41. The Morgan fingerprint density at radius 3 is 1.86 bits per heavy atom. The number of rotatable bonds is 4. The molecule has 0 radical (unpaired) electrons. The summed E-state index contributed by atoms with van der Waals surface area (Å²) in [6.07, 6.45) is 0. The molecule has 2 aromatic heterocycles. The first-order chi connectivity index (χ1) is 24.3. The number of hydrogen-bond donors (Lipinski definition) is 0. The van der Waals surface area contributed by atoms with E-state index in [0.717, 1.165) is 44.0 Å². The van der Waals surface area contributed by atoms with Crippen LogP contribution in [-0.4, -0.2) is 15.0 Å². The van der Waals surface area contributed by atoms with Gasteiger partial charge >= 0.3 is 0 Å². The number of hydrogen-bond acceptors (Lipinski definition) is 4. The number of thiophene rings is 1. The van der Waals surface area contributed by atoms with Gasteiger partial charge in [-0.25, -0.2) is 15.0 Å². The highest BCUT2D eigenvalue weighted by Gasteiger charge is 2.20. The molecule has 49 heavy (non-hydrogen) atoms. The maximum Gasteiger partial charge on any atom is 0.165 e. The van der Waals surface area contributed by atoms with E-state index >= 15 is 0 Å². The van der Waals surface area contributed by atoms with Crippen molar-refractivity contribution in [3.63, 3.8) is 0 Å². The molecule has 0 N–H and O–H groups in total. The summed E-state index contributed by atoms with van der Waals surface area (Å²) >= 11 is 1.82. The molecule has 8 aromatic carbocycles. The van der Waals surface area contributed by atoms with Crippen molar-refractivity contribution in [2.24, 2.45) is 0 Å². The summed E-state index contributed by atoms with van der Waals surface area (Å²) in [5, 5.41) is 9.47. The summed E-state index contributed by atoms with van der Waals surface area (Å²) in [6, 6.07) is 58.0. The predicted octanol–water partition coefficient (Wildman–Crippen LogP) is 12.4. The molecule has 0 aliphatic carbocycles. The second-order valence-corrected chi connectivity index (χ2v) is 13.5. The zero-order chi connectivity index (χ0) is 32.3. The maximum atomic E-state index is 5.35. The van der Waals surface area contributed by atoms with E-state index in [4.69, 9.17) is 15.0 Å². The molecular formula is C45H27N3S. The molecule has 0 fully saturated rings. The van der Waals surface area contributed by atoms with Crippen molar-refractivity contribution >= 4 is 63.8 Å². The molecule has 10 rings (SSSR count). The molecule has 0 unspecified atom stereocenters. The van der Waals surface area contributed by atoms with Gasteiger partial charge in [0.1, 0.15) is 0 Å². The van der Waals surface area contributed by atoms with E-state index in [2.05, 4.69) is 158 Å². The minimum Gasteiger partial charge on any atom is -0.208 e. The molecule has 10 aromatic rings. The van der Waals surface area contributed by atoms with Crippen LogP contribution in [0, 0.1) is 0 Å². The average molecular weight is 642 g/mol. The van der Waals surface area contributed by atoms with Gasteiger partial charge < -0.3 is 0 Å². The van der Waals surface area contributed by atoms with Gasteiger partial charge in [0.15, 0.2) is 17.5 Å². The SMILES string of the molecule is c1ccc(-c2ccccc2-c2nc(-c3ccc4sc5ccccc5c4c3)nc(-c3c4ccccc4cc4c3ccc3ccccc34)n2)cc1. The fourth-order valence-electron chi connectivity index (χ4n) is 7.21. The lowest BCUT2D eigenvalue weighted by atomic mass is 9.93. The molecule has 3 nitrogen and oxygen atoms in total. The van der Waals surface area contributed by atoms with Crippen molar-refractivity contribution in [2.45, 2.75) is 0 Å². The third-order valence-corrected chi connectivity index (χ3v) is 10.7. The Morgan fingerprint density at radius 2 is 0.980 bits per heavy atom. The molecule has 0 saturated heterocycles. The Hall–Kier alpha value is -6.23. The van der Waals surface area contributed by atoms with Crippen LogP contribution in [0.3, 0.4) is 0 Å². The number of aromatic nitrogens is 3. The van der Waals surface area contributed by atoms with Gasteiger partial charge in [0.2, 0.25) is 0 Å². The van der Waals surface area contributed by atoms with Gasteiger partial charge in [-0.1, -0.05) is 133 Å². The first kappa shape index (κ1) is 27.8. The highest BCUT2D eigenvalue weighted by atomic mass is 32.1. The summed E-state index contributed by atoms with van der Waals surface area (Å²) in [5.74, 6) is 1.97. The molecule has 0 spiro atoms. The van der Waals surface area contributed by atoms with Gasteiger partial charge in [-0.2, -0.15) is 0 Å². The number of fused-ring (bicyclic) bond motifs is 7. The quantitative estimate of drug-likeness (QED) is 0.142. The molecule has 0 saturated carbocycles. The molecule has 0 aliphatic rings. The molecular weight excluding hydrogens is 615 g/mol. The minimum absolute atomic E-state index is 0.650. The second kappa shape index (κ2) is 11.2. The Kier molecular flexibility index (Phi) is 6.36. The lowest BCUT2D eigenvalue weighted by Crippen LogP contribution is -2.02. The largest absolute Gasteiger partial charge is 0.208 e. The van der Waals surface area contributed by atoms with Crippen LogP contribution in [0.4, 0.5) is 0 Å². The standard InChI is InChI=1S/C45H27N3S/c1-2-12-28(13-3-1)32-16-8-9-20-37(32)44-46-43(31-23-25-41-39(27-31)35-19-10-11-21-40(35)49-41)47-45(48-44)42-34-18-7-5-15-30(34)26-38-33-17-6-4-14-29(33)22-24-36(38)42/h1-27H. The number of benzene rings is 8. The topological polar surface area (TPSA) is 38.7 Å². The van der Waals surface area contributed by atoms with E-state index in [-0.39, 0.29) is 0 Å². The van der Waals surface area contributed by atoms with Crippen LogP contribution in [0.15, 0.2) is 164 Å². The molecule has 228 valence electrons. The molecule has 0 aliphatic heterocycles. The van der Waals surface area contributed by atoms with E-state index in [1.807, 2.05) is 17.4 Å². The van der Waals surface area contributed by atoms with Crippen LogP contribution in [0.2, 0.25) is 0 Å². The first-order valence-corrected chi connectivity index (χ1v) is 17.3. The first-order valence-electron chi connectivity index (χ1n) is 16.4. The van der Waals surface area contributed by atoms with E-state index in [0.29, 0.717) is 17.5 Å². The van der Waals surface area contributed by atoms with Crippen LogP contribution in [0.25, 0.3) is 97.8 Å². The van der Waals surface area contributed by atoms with Crippen LogP contribution in [0.5, 0.6) is 0 Å². The van der Waals surface area contributed by atoms with Crippen molar-refractivity contribution in [2.75, 3.05) is 0 Å². The van der Waals surface area contributed by atoms with E-state index in [1.165, 1.54) is 36.3 Å². The normalized spacial score (nSPS) is 11.7. The minimum atomic E-state index is 0.650. The van der Waals surface area contributed by atoms with Gasteiger partial charge in [0.25, 0.3) is 0 Å². The van der Waals surface area contributed by atoms with Crippen molar-refractivity contribution in [3.05, 3.63) is 164 Å². The van der Waals surface area contributed by atoms with Crippen LogP contribution in [0.1, 0.15) is 0 Å². The van der Waals surface area contributed by atoms with Crippen molar-refractivity contribution in [1.29, 1.82) is 0 Å². The maximum absolute atomic E-state index is 5.35. The average Bonchev–Trinajstić information content (AvgIpc) is 3.55. The summed E-state index contributed by atoms with van der Waals surface area (Å²) in [7, 11) is 0. The predicted molar refractivity (Wildman–Crippen MR) is 207 cm³/mol. The lowest BCUT2D eigenvalue weighted by molar-refractivity contribution is 1.08. The fraction of sp³-hybridized carbons (Fsp3) is 0. The summed E-state index contributed by atoms with van der Waals surface area (Å²) < 4.78 is 2.53. The molecule has 4 heteroatoms. The summed E-state index contributed by atoms with van der Waals surface area (Å²) in [4.78, 5) is 15.9. The fourth-order valence-corrected chi connectivity index (χ4v) is 8.30. The summed E-state index contributed by atoms with van der Waals surface area (Å²) in [6.45, 7) is 0. The zero-order valence-electron chi connectivity index (χ0n) is 26.3. The lowest BCUT2D eigenvalue weighted by Gasteiger charge is -2.15. The second-order valence-electron chi connectivity index (χ2n) is 12.4. The van der Waals surface area contributed by atoms with E-state index in [1.54, 1.807) is 0 Å². The van der Waals surface area contributed by atoms with Gasteiger partial charge in [0, 0.05) is 36.9 Å². The van der Waals surface area contributed by atoms with E-state index < -0.39 is 0 Å². The van der Waals surface area contributed by atoms with Crippen molar-refractivity contribution < 1.29 is 0 Å². The Labute approximate surface area is 286 Å². The third-order valence-electron chi connectivity index (χ3n) is 9.52. The molecule has 0 amide bonds. The highest BCUT2D eigenvalue weighted by molar-refractivity contribution is 7.25. The van der Waals surface area contributed by atoms with Crippen molar-refractivity contribution in [1.82, 2.24) is 15.0 Å². The van der Waals surface area contributed by atoms with Crippen LogP contribution < -0.4 is 0 Å². The van der Waals surface area contributed by atoms with Crippen LogP contribution in [-0.2, 0) is 0 Å². The molecule has 2 heterocycles.